The van der Waals surface area contributed by atoms with Crippen molar-refractivity contribution in [2.24, 2.45) is 11.8 Å². The highest BCUT2D eigenvalue weighted by Crippen LogP contribution is 2.30. The van der Waals surface area contributed by atoms with Crippen LogP contribution >= 0.6 is 0 Å². The smallest absolute Gasteiger partial charge is 0.307 e. The summed E-state index contributed by atoms with van der Waals surface area (Å²) >= 11 is 0. The van der Waals surface area contributed by atoms with Crippen LogP contribution in [0, 0.1) is 11.8 Å². The third kappa shape index (κ3) is 4.81. The van der Waals surface area contributed by atoms with Crippen molar-refractivity contribution in [3.8, 4) is 0 Å². The second-order valence-corrected chi connectivity index (χ2v) is 7.61. The van der Waals surface area contributed by atoms with E-state index in [0.29, 0.717) is 18.4 Å². The molecule has 25 heavy (non-hydrogen) atoms. The Morgan fingerprint density at radius 1 is 0.960 bits per heavy atom. The fourth-order valence-corrected chi connectivity index (χ4v) is 3.15. The number of benzene rings is 1. The number of carboxylic acid groups (broad SMARTS) is 1. The minimum Gasteiger partial charge on any atom is -0.481 e. The van der Waals surface area contributed by atoms with Crippen molar-refractivity contribution in [2.45, 2.75) is 51.9 Å². The van der Waals surface area contributed by atoms with E-state index in [9.17, 15) is 19.5 Å². The van der Waals surface area contributed by atoms with Crippen LogP contribution in [0.3, 0.4) is 0 Å². The Morgan fingerprint density at radius 2 is 1.52 bits per heavy atom. The minimum atomic E-state index is -0.955. The van der Waals surface area contributed by atoms with Gasteiger partial charge in [0.05, 0.1) is 11.8 Å². The summed E-state index contributed by atoms with van der Waals surface area (Å²) in [5.41, 5.74) is 6.30. The Bertz CT molecular complexity index is 646. The quantitative estimate of drug-likeness (QED) is 0.733. The second-order valence-electron chi connectivity index (χ2n) is 7.61. The monoisotopic (exact) mass is 346 g/mol. The number of carboxylic acids is 1. The molecule has 2 rings (SSSR count). The molecule has 0 aromatic heterocycles. The zero-order valence-corrected chi connectivity index (χ0v) is 15.0. The highest BCUT2D eigenvalue weighted by molar-refractivity contribution is 5.96. The first-order valence-electron chi connectivity index (χ1n) is 8.63. The van der Waals surface area contributed by atoms with Crippen LogP contribution in [0.1, 0.15) is 62.4 Å². The van der Waals surface area contributed by atoms with Crippen LogP contribution in [0.2, 0.25) is 0 Å². The number of aliphatic carboxylic acids is 1. The SMILES string of the molecule is CC(C)(C)c1ccc(C(=O)NNC(=O)[C@@H]2CCCC[C@@H]2C(=O)O)cc1. The molecule has 3 N–H and O–H groups in total. The van der Waals surface area contributed by atoms with Crippen LogP contribution in [0.15, 0.2) is 24.3 Å². The molecule has 1 aliphatic carbocycles. The van der Waals surface area contributed by atoms with Crippen molar-refractivity contribution in [1.29, 1.82) is 0 Å². The maximum absolute atomic E-state index is 12.2. The molecule has 0 unspecified atom stereocenters. The average molecular weight is 346 g/mol. The molecule has 0 heterocycles. The molecule has 2 atom stereocenters. The van der Waals surface area contributed by atoms with Gasteiger partial charge in [0.1, 0.15) is 0 Å². The summed E-state index contributed by atoms with van der Waals surface area (Å²) in [5.74, 6) is -3.10. The highest BCUT2D eigenvalue weighted by Gasteiger charge is 2.35. The van der Waals surface area contributed by atoms with Gasteiger partial charge in [-0.2, -0.15) is 0 Å². The van der Waals surface area contributed by atoms with Crippen molar-refractivity contribution < 1.29 is 19.5 Å². The zero-order valence-electron chi connectivity index (χ0n) is 15.0. The summed E-state index contributed by atoms with van der Waals surface area (Å²) in [6, 6.07) is 7.20. The van der Waals surface area contributed by atoms with Gasteiger partial charge in [-0.05, 0) is 36.0 Å². The zero-order chi connectivity index (χ0) is 18.6. The Labute approximate surface area is 148 Å². The van der Waals surface area contributed by atoms with Gasteiger partial charge in [-0.1, -0.05) is 45.7 Å². The molecule has 136 valence electrons. The predicted molar refractivity (Wildman–Crippen MR) is 93.8 cm³/mol. The molecular weight excluding hydrogens is 320 g/mol. The standard InChI is InChI=1S/C19H26N2O4/c1-19(2,3)13-10-8-12(9-11-13)16(22)20-21-17(23)14-6-4-5-7-15(14)18(24)25/h8-11,14-15H,4-7H2,1-3H3,(H,20,22)(H,21,23)(H,24,25)/t14-,15+/m1/s1. The molecule has 0 radical (unpaired) electrons. The van der Waals surface area contributed by atoms with E-state index in [1.165, 1.54) is 0 Å². The lowest BCUT2D eigenvalue weighted by Gasteiger charge is -2.27. The number of rotatable bonds is 3. The summed E-state index contributed by atoms with van der Waals surface area (Å²) in [5, 5.41) is 9.24. The number of nitrogens with one attached hydrogen (secondary N) is 2. The van der Waals surface area contributed by atoms with Crippen LogP contribution in [0.5, 0.6) is 0 Å². The maximum Gasteiger partial charge on any atom is 0.307 e. The van der Waals surface area contributed by atoms with Crippen molar-refractivity contribution in [1.82, 2.24) is 10.9 Å². The fourth-order valence-electron chi connectivity index (χ4n) is 3.15. The molecule has 2 amide bonds. The average Bonchev–Trinajstić information content (AvgIpc) is 2.58. The lowest BCUT2D eigenvalue weighted by atomic mass is 9.79. The van der Waals surface area contributed by atoms with E-state index >= 15 is 0 Å². The van der Waals surface area contributed by atoms with Gasteiger partial charge in [-0.15, -0.1) is 0 Å². The molecule has 1 aromatic rings. The van der Waals surface area contributed by atoms with Crippen molar-refractivity contribution in [2.75, 3.05) is 0 Å². The van der Waals surface area contributed by atoms with E-state index in [1.807, 2.05) is 12.1 Å². The van der Waals surface area contributed by atoms with Gasteiger partial charge in [0.15, 0.2) is 0 Å². The number of hydrogen-bond donors (Lipinski definition) is 3. The van der Waals surface area contributed by atoms with Crippen LogP contribution in [0.4, 0.5) is 0 Å². The van der Waals surface area contributed by atoms with Crippen LogP contribution in [0.25, 0.3) is 0 Å². The fraction of sp³-hybridized carbons (Fsp3) is 0.526. The molecular formula is C19H26N2O4. The summed E-state index contributed by atoms with van der Waals surface area (Å²) in [6.45, 7) is 6.27. The lowest BCUT2D eigenvalue weighted by molar-refractivity contribution is -0.149. The molecule has 0 spiro atoms. The van der Waals surface area contributed by atoms with Crippen molar-refractivity contribution in [3.63, 3.8) is 0 Å². The summed E-state index contributed by atoms with van der Waals surface area (Å²) in [7, 11) is 0. The molecule has 0 aliphatic heterocycles. The molecule has 1 aromatic carbocycles. The van der Waals surface area contributed by atoms with Gasteiger partial charge in [0.2, 0.25) is 5.91 Å². The number of carbonyl (C=O) groups is 3. The summed E-state index contributed by atoms with van der Waals surface area (Å²) < 4.78 is 0. The van der Waals surface area contributed by atoms with Gasteiger partial charge in [0, 0.05) is 5.56 Å². The first-order chi connectivity index (χ1) is 11.7. The van der Waals surface area contributed by atoms with E-state index in [4.69, 9.17) is 0 Å². The van der Waals surface area contributed by atoms with Gasteiger partial charge >= 0.3 is 5.97 Å². The van der Waals surface area contributed by atoms with Crippen molar-refractivity contribution in [3.05, 3.63) is 35.4 Å². The lowest BCUT2D eigenvalue weighted by Crippen LogP contribution is -2.47. The van der Waals surface area contributed by atoms with E-state index in [-0.39, 0.29) is 5.41 Å². The van der Waals surface area contributed by atoms with Gasteiger partial charge in [-0.3, -0.25) is 25.2 Å². The number of hydrazine groups is 1. The Balaban J connectivity index is 1.94. The third-order valence-electron chi connectivity index (χ3n) is 4.73. The van der Waals surface area contributed by atoms with Gasteiger partial charge in [-0.25, -0.2) is 0 Å². The van der Waals surface area contributed by atoms with Crippen LogP contribution in [-0.2, 0) is 15.0 Å². The van der Waals surface area contributed by atoms with Gasteiger partial charge < -0.3 is 5.11 Å². The Hall–Kier alpha value is -2.37. The van der Waals surface area contributed by atoms with Crippen molar-refractivity contribution >= 4 is 17.8 Å². The first kappa shape index (κ1) is 19.0. The minimum absolute atomic E-state index is 0.00392. The van der Waals surface area contributed by atoms with Gasteiger partial charge in [0.25, 0.3) is 5.91 Å². The molecule has 1 aliphatic rings. The highest BCUT2D eigenvalue weighted by atomic mass is 16.4. The maximum atomic E-state index is 12.2. The summed E-state index contributed by atoms with van der Waals surface area (Å²) in [6.07, 6.45) is 2.66. The molecule has 0 saturated heterocycles. The second kappa shape index (κ2) is 7.68. The van der Waals surface area contributed by atoms with Crippen LogP contribution < -0.4 is 10.9 Å². The van der Waals surface area contributed by atoms with E-state index < -0.39 is 29.6 Å². The Kier molecular flexibility index (Phi) is 5.82. The summed E-state index contributed by atoms with van der Waals surface area (Å²) in [4.78, 5) is 35.7. The Morgan fingerprint density at radius 3 is 2.04 bits per heavy atom. The normalized spacial score (nSPS) is 20.6. The van der Waals surface area contributed by atoms with E-state index in [1.54, 1.807) is 12.1 Å². The predicted octanol–water partition coefficient (Wildman–Crippen LogP) is 2.64. The van der Waals surface area contributed by atoms with E-state index in [0.717, 1.165) is 18.4 Å². The molecule has 1 saturated carbocycles. The number of amides is 2. The van der Waals surface area contributed by atoms with Crippen LogP contribution in [-0.4, -0.2) is 22.9 Å². The van der Waals surface area contributed by atoms with E-state index in [2.05, 4.69) is 31.6 Å². The molecule has 0 bridgehead atoms. The number of hydrogen-bond acceptors (Lipinski definition) is 3. The molecule has 6 heteroatoms. The first-order valence-corrected chi connectivity index (χ1v) is 8.63. The third-order valence-corrected chi connectivity index (χ3v) is 4.73. The molecule has 6 nitrogen and oxygen atoms in total. The number of carbonyl (C=O) groups excluding carboxylic acids is 2. The largest absolute Gasteiger partial charge is 0.481 e. The molecule has 1 fully saturated rings. The topological polar surface area (TPSA) is 95.5 Å².